The first-order chi connectivity index (χ1) is 14.4. The Morgan fingerprint density at radius 2 is 1.77 bits per heavy atom. The Morgan fingerprint density at radius 1 is 1.03 bits per heavy atom. The Labute approximate surface area is 181 Å². The molecule has 1 unspecified atom stereocenters. The summed E-state index contributed by atoms with van der Waals surface area (Å²) in [6.45, 7) is 5.28. The van der Waals surface area contributed by atoms with Gasteiger partial charge in [-0.2, -0.15) is 0 Å². The number of amides is 2. The highest BCUT2D eigenvalue weighted by Gasteiger charge is 2.43. The van der Waals surface area contributed by atoms with E-state index in [0.29, 0.717) is 40.6 Å². The summed E-state index contributed by atoms with van der Waals surface area (Å²) in [6.07, 6.45) is 1.79. The number of hydrogen-bond donors (Lipinski definition) is 1. The van der Waals surface area contributed by atoms with Crippen LogP contribution in [0.25, 0.3) is 5.57 Å². The number of benzene rings is 2. The quantitative estimate of drug-likeness (QED) is 0.755. The summed E-state index contributed by atoms with van der Waals surface area (Å²) in [6, 6.07) is 12.6. The molecule has 1 fully saturated rings. The summed E-state index contributed by atoms with van der Waals surface area (Å²) in [5.41, 5.74) is 4.18. The SMILES string of the molecule is Cc1ccc(N2C(=O)C(c3ccc(Cl)cc3)=C(N3CCCC(CO)C3)C2=O)cc1C. The van der Waals surface area contributed by atoms with Crippen LogP contribution >= 0.6 is 11.6 Å². The Bertz CT molecular complexity index is 1030. The maximum Gasteiger partial charge on any atom is 0.282 e. The normalized spacial score (nSPS) is 19.8. The average Bonchev–Trinajstić information content (AvgIpc) is 3.01. The van der Waals surface area contributed by atoms with E-state index in [2.05, 4.69) is 0 Å². The molecule has 1 N–H and O–H groups in total. The first-order valence-electron chi connectivity index (χ1n) is 10.2. The molecule has 0 aromatic heterocycles. The van der Waals surface area contributed by atoms with Gasteiger partial charge in [-0.3, -0.25) is 9.59 Å². The van der Waals surface area contributed by atoms with Crippen LogP contribution in [-0.2, 0) is 9.59 Å². The second-order valence-corrected chi connectivity index (χ2v) is 8.52. The van der Waals surface area contributed by atoms with Gasteiger partial charge in [0.05, 0.1) is 11.3 Å². The number of carbonyl (C=O) groups is 2. The number of hydrogen-bond acceptors (Lipinski definition) is 4. The monoisotopic (exact) mass is 424 g/mol. The second kappa shape index (κ2) is 8.25. The highest BCUT2D eigenvalue weighted by molar-refractivity contribution is 6.45. The molecule has 4 rings (SSSR count). The third kappa shape index (κ3) is 3.64. The molecule has 0 saturated carbocycles. The predicted molar refractivity (Wildman–Crippen MR) is 118 cm³/mol. The molecule has 1 saturated heterocycles. The molecule has 2 heterocycles. The zero-order valence-electron chi connectivity index (χ0n) is 17.2. The number of carbonyl (C=O) groups excluding carboxylic acids is 2. The van der Waals surface area contributed by atoms with Crippen LogP contribution in [0.3, 0.4) is 0 Å². The smallest absolute Gasteiger partial charge is 0.282 e. The van der Waals surface area contributed by atoms with E-state index in [-0.39, 0.29) is 24.3 Å². The fourth-order valence-electron chi connectivity index (χ4n) is 4.20. The number of halogens is 1. The molecule has 30 heavy (non-hydrogen) atoms. The van der Waals surface area contributed by atoms with E-state index >= 15 is 0 Å². The molecule has 156 valence electrons. The molecular formula is C24H25ClN2O3. The van der Waals surface area contributed by atoms with Crippen LogP contribution in [0, 0.1) is 19.8 Å². The summed E-state index contributed by atoms with van der Waals surface area (Å²) in [5, 5.41) is 10.2. The van der Waals surface area contributed by atoms with Crippen LogP contribution in [-0.4, -0.2) is 41.5 Å². The van der Waals surface area contributed by atoms with Crippen LogP contribution in [0.5, 0.6) is 0 Å². The van der Waals surface area contributed by atoms with Crippen LogP contribution < -0.4 is 4.90 Å². The Morgan fingerprint density at radius 3 is 2.43 bits per heavy atom. The Hall–Kier alpha value is -2.63. The molecular weight excluding hydrogens is 400 g/mol. The minimum absolute atomic E-state index is 0.0725. The van der Waals surface area contributed by atoms with E-state index < -0.39 is 0 Å². The van der Waals surface area contributed by atoms with Gasteiger partial charge in [0.15, 0.2) is 0 Å². The van der Waals surface area contributed by atoms with Gasteiger partial charge >= 0.3 is 0 Å². The molecule has 2 aromatic rings. The van der Waals surface area contributed by atoms with Gasteiger partial charge in [0, 0.05) is 24.7 Å². The van der Waals surface area contributed by atoms with Crippen LogP contribution in [0.4, 0.5) is 5.69 Å². The molecule has 0 bridgehead atoms. The highest BCUT2D eigenvalue weighted by atomic mass is 35.5. The molecule has 0 aliphatic carbocycles. The van der Waals surface area contributed by atoms with Gasteiger partial charge in [-0.05, 0) is 73.6 Å². The number of piperidine rings is 1. The van der Waals surface area contributed by atoms with Crippen molar-refractivity contribution in [2.45, 2.75) is 26.7 Å². The molecule has 6 heteroatoms. The average molecular weight is 425 g/mol. The number of nitrogens with zero attached hydrogens (tertiary/aromatic N) is 2. The summed E-state index contributed by atoms with van der Waals surface area (Å²) >= 11 is 6.05. The molecule has 2 aliphatic rings. The Balaban J connectivity index is 1.81. The number of likely N-dealkylation sites (tertiary alicyclic amines) is 1. The van der Waals surface area contributed by atoms with E-state index in [0.717, 1.165) is 24.0 Å². The molecule has 2 aliphatic heterocycles. The standard InChI is InChI=1S/C24H25ClN2O3/c1-15-5-10-20(12-16(15)2)27-23(29)21(18-6-8-19(25)9-7-18)22(24(27)30)26-11-3-4-17(13-26)14-28/h5-10,12,17,28H,3-4,11,13-14H2,1-2H3. The lowest BCUT2D eigenvalue weighted by molar-refractivity contribution is -0.120. The maximum atomic E-state index is 13.6. The van der Waals surface area contributed by atoms with Crippen molar-refractivity contribution in [1.29, 1.82) is 0 Å². The number of aliphatic hydroxyl groups excluding tert-OH is 1. The van der Waals surface area contributed by atoms with E-state index in [1.165, 1.54) is 4.90 Å². The predicted octanol–water partition coefficient (Wildman–Crippen LogP) is 3.95. The fourth-order valence-corrected chi connectivity index (χ4v) is 4.33. The van der Waals surface area contributed by atoms with Gasteiger partial charge < -0.3 is 10.0 Å². The van der Waals surface area contributed by atoms with Crippen molar-refractivity contribution in [2.75, 3.05) is 24.6 Å². The zero-order chi connectivity index (χ0) is 21.4. The number of aliphatic hydroxyl groups is 1. The zero-order valence-corrected chi connectivity index (χ0v) is 17.9. The van der Waals surface area contributed by atoms with Gasteiger partial charge in [-0.1, -0.05) is 29.8 Å². The molecule has 1 atom stereocenters. The number of anilines is 1. The van der Waals surface area contributed by atoms with Gasteiger partial charge in [-0.25, -0.2) is 4.90 Å². The molecule has 0 radical (unpaired) electrons. The van der Waals surface area contributed by atoms with Gasteiger partial charge in [0.25, 0.3) is 11.8 Å². The van der Waals surface area contributed by atoms with E-state index in [1.54, 1.807) is 24.3 Å². The van der Waals surface area contributed by atoms with Gasteiger partial charge in [0.1, 0.15) is 5.70 Å². The van der Waals surface area contributed by atoms with Crippen LogP contribution in [0.1, 0.15) is 29.5 Å². The lowest BCUT2D eigenvalue weighted by Crippen LogP contribution is -2.40. The summed E-state index contributed by atoms with van der Waals surface area (Å²) in [4.78, 5) is 30.4. The third-order valence-electron chi connectivity index (χ3n) is 6.03. The highest BCUT2D eigenvalue weighted by Crippen LogP contribution is 2.37. The molecule has 5 nitrogen and oxygen atoms in total. The van der Waals surface area contributed by atoms with Crippen molar-refractivity contribution in [1.82, 2.24) is 4.90 Å². The fraction of sp³-hybridized carbons (Fsp3) is 0.333. The van der Waals surface area contributed by atoms with Crippen LogP contribution in [0.15, 0.2) is 48.2 Å². The van der Waals surface area contributed by atoms with Crippen molar-refractivity contribution in [2.24, 2.45) is 5.92 Å². The second-order valence-electron chi connectivity index (χ2n) is 8.08. The van der Waals surface area contributed by atoms with Crippen molar-refractivity contribution in [3.05, 3.63) is 69.9 Å². The summed E-state index contributed by atoms with van der Waals surface area (Å²) in [7, 11) is 0. The van der Waals surface area contributed by atoms with Crippen molar-refractivity contribution in [3.8, 4) is 0 Å². The molecule has 2 amide bonds. The first-order valence-corrected chi connectivity index (χ1v) is 10.6. The Kier molecular flexibility index (Phi) is 5.67. The van der Waals surface area contributed by atoms with E-state index in [4.69, 9.17) is 11.6 Å². The summed E-state index contributed by atoms with van der Waals surface area (Å²) < 4.78 is 0. The third-order valence-corrected chi connectivity index (χ3v) is 6.29. The van der Waals surface area contributed by atoms with Gasteiger partial charge in [-0.15, -0.1) is 0 Å². The van der Waals surface area contributed by atoms with E-state index in [1.807, 2.05) is 36.9 Å². The minimum atomic E-state index is -0.327. The largest absolute Gasteiger partial charge is 0.396 e. The number of rotatable bonds is 4. The van der Waals surface area contributed by atoms with Crippen molar-refractivity contribution >= 4 is 34.7 Å². The lowest BCUT2D eigenvalue weighted by atomic mass is 9.97. The lowest BCUT2D eigenvalue weighted by Gasteiger charge is -2.34. The number of aryl methyl sites for hydroxylation is 2. The molecule has 0 spiro atoms. The first kappa shape index (κ1) is 20.6. The van der Waals surface area contributed by atoms with Gasteiger partial charge in [0.2, 0.25) is 0 Å². The van der Waals surface area contributed by atoms with Crippen molar-refractivity contribution < 1.29 is 14.7 Å². The summed E-state index contributed by atoms with van der Waals surface area (Å²) in [5.74, 6) is -0.547. The van der Waals surface area contributed by atoms with Crippen LogP contribution in [0.2, 0.25) is 5.02 Å². The topological polar surface area (TPSA) is 60.9 Å². The maximum absolute atomic E-state index is 13.6. The minimum Gasteiger partial charge on any atom is -0.396 e. The molecule has 2 aromatic carbocycles. The number of imide groups is 1. The van der Waals surface area contributed by atoms with E-state index in [9.17, 15) is 14.7 Å². The van der Waals surface area contributed by atoms with Crippen molar-refractivity contribution in [3.63, 3.8) is 0 Å².